The molecular formula is C23H37N3O2. The number of hydrogen-bond acceptors (Lipinski definition) is 3. The van der Waals surface area contributed by atoms with Crippen molar-refractivity contribution < 1.29 is 9.59 Å². The summed E-state index contributed by atoms with van der Waals surface area (Å²) in [6, 6.07) is 8.38. The van der Waals surface area contributed by atoms with E-state index < -0.39 is 0 Å². The summed E-state index contributed by atoms with van der Waals surface area (Å²) in [5, 5.41) is 3.03. The fourth-order valence-corrected chi connectivity index (χ4v) is 3.76. The average molecular weight is 388 g/mol. The van der Waals surface area contributed by atoms with Gasteiger partial charge in [-0.3, -0.25) is 14.5 Å². The second kappa shape index (κ2) is 11.8. The van der Waals surface area contributed by atoms with Gasteiger partial charge >= 0.3 is 0 Å². The number of amides is 2. The summed E-state index contributed by atoms with van der Waals surface area (Å²) in [7, 11) is 0. The summed E-state index contributed by atoms with van der Waals surface area (Å²) in [5.41, 5.74) is 2.49. The lowest BCUT2D eigenvalue weighted by atomic mass is 9.98. The van der Waals surface area contributed by atoms with Crippen LogP contribution in [0.2, 0.25) is 0 Å². The lowest BCUT2D eigenvalue weighted by Crippen LogP contribution is -2.33. The highest BCUT2D eigenvalue weighted by atomic mass is 16.2. The largest absolute Gasteiger partial charge is 0.352 e. The molecule has 1 saturated heterocycles. The Labute approximate surface area is 170 Å². The van der Waals surface area contributed by atoms with Crippen LogP contribution in [0.25, 0.3) is 0 Å². The first-order valence-corrected chi connectivity index (χ1v) is 10.9. The van der Waals surface area contributed by atoms with Crippen LogP contribution in [0.5, 0.6) is 0 Å². The van der Waals surface area contributed by atoms with E-state index in [-0.39, 0.29) is 11.8 Å². The Morgan fingerprint density at radius 3 is 2.36 bits per heavy atom. The van der Waals surface area contributed by atoms with Gasteiger partial charge in [0.1, 0.15) is 0 Å². The second-order valence-electron chi connectivity index (χ2n) is 7.92. The number of piperidine rings is 1. The van der Waals surface area contributed by atoms with E-state index in [1.54, 1.807) is 0 Å². The number of carbonyl (C=O) groups excluding carboxylic acids is 2. The number of hydrogen-bond donors (Lipinski definition) is 1. The van der Waals surface area contributed by atoms with E-state index in [0.29, 0.717) is 25.8 Å². The molecule has 0 aliphatic carbocycles. The van der Waals surface area contributed by atoms with Gasteiger partial charge in [0.15, 0.2) is 0 Å². The van der Waals surface area contributed by atoms with Gasteiger partial charge in [0.05, 0.1) is 0 Å². The molecule has 1 aliphatic heterocycles. The Bertz CT molecular complexity index is 620. The molecule has 28 heavy (non-hydrogen) atoms. The second-order valence-corrected chi connectivity index (χ2v) is 7.92. The van der Waals surface area contributed by atoms with E-state index in [4.69, 9.17) is 0 Å². The number of nitrogens with zero attached hydrogens (tertiary/aromatic N) is 2. The molecule has 5 heteroatoms. The fraction of sp³-hybridized carbons (Fsp3) is 0.652. The lowest BCUT2D eigenvalue weighted by Gasteiger charge is -2.30. The molecular weight excluding hydrogens is 350 g/mol. The number of benzene rings is 1. The molecule has 2 rings (SSSR count). The molecule has 0 radical (unpaired) electrons. The highest BCUT2D eigenvalue weighted by Crippen LogP contribution is 2.19. The van der Waals surface area contributed by atoms with Crippen LogP contribution in [0.1, 0.15) is 64.0 Å². The molecule has 0 bridgehead atoms. The molecule has 1 aromatic carbocycles. The van der Waals surface area contributed by atoms with Gasteiger partial charge in [-0.25, -0.2) is 0 Å². The smallest absolute Gasteiger partial charge is 0.222 e. The Hall–Kier alpha value is -1.88. The molecule has 1 heterocycles. The molecule has 2 amide bonds. The predicted octanol–water partition coefficient (Wildman–Crippen LogP) is 3.57. The van der Waals surface area contributed by atoms with Crippen molar-refractivity contribution in [2.75, 3.05) is 26.2 Å². The van der Waals surface area contributed by atoms with Crippen LogP contribution in [0.4, 0.5) is 0 Å². The first kappa shape index (κ1) is 22.4. The van der Waals surface area contributed by atoms with Crippen molar-refractivity contribution in [3.05, 3.63) is 35.4 Å². The average Bonchev–Trinajstić information content (AvgIpc) is 2.70. The van der Waals surface area contributed by atoms with Crippen LogP contribution in [0.3, 0.4) is 0 Å². The maximum atomic E-state index is 12.2. The van der Waals surface area contributed by atoms with E-state index in [2.05, 4.69) is 35.3 Å². The summed E-state index contributed by atoms with van der Waals surface area (Å²) in [5.74, 6) is 0.993. The molecule has 156 valence electrons. The molecule has 0 spiro atoms. The molecule has 0 unspecified atom stereocenters. The molecule has 1 N–H and O–H groups in total. The number of carbonyl (C=O) groups is 2. The van der Waals surface area contributed by atoms with Gasteiger partial charge in [-0.15, -0.1) is 0 Å². The van der Waals surface area contributed by atoms with Gasteiger partial charge in [-0.05, 0) is 63.2 Å². The maximum Gasteiger partial charge on any atom is 0.222 e. The molecule has 1 aromatic rings. The van der Waals surface area contributed by atoms with Crippen LogP contribution >= 0.6 is 0 Å². The minimum atomic E-state index is 0.0222. The molecule has 0 atom stereocenters. The summed E-state index contributed by atoms with van der Waals surface area (Å²) in [6.45, 7) is 11.6. The third kappa shape index (κ3) is 7.27. The van der Waals surface area contributed by atoms with E-state index in [9.17, 15) is 9.59 Å². The first-order valence-electron chi connectivity index (χ1n) is 10.9. The minimum absolute atomic E-state index is 0.0222. The van der Waals surface area contributed by atoms with Crippen LogP contribution < -0.4 is 5.32 Å². The van der Waals surface area contributed by atoms with Gasteiger partial charge in [0, 0.05) is 39.0 Å². The fourth-order valence-electron chi connectivity index (χ4n) is 3.76. The zero-order valence-electron chi connectivity index (χ0n) is 17.9. The zero-order chi connectivity index (χ0) is 20.4. The minimum Gasteiger partial charge on any atom is -0.352 e. The molecule has 1 aliphatic rings. The normalized spacial score (nSPS) is 15.4. The Morgan fingerprint density at radius 2 is 1.71 bits per heavy atom. The van der Waals surface area contributed by atoms with Crippen LogP contribution in [0.15, 0.2) is 24.3 Å². The van der Waals surface area contributed by atoms with E-state index in [1.165, 1.54) is 24.0 Å². The topological polar surface area (TPSA) is 52.7 Å². The quantitative estimate of drug-likeness (QED) is 0.668. The third-order valence-electron chi connectivity index (χ3n) is 5.78. The number of nitrogens with one attached hydrogen (secondary N) is 1. The van der Waals surface area contributed by atoms with Crippen LogP contribution in [0, 0.1) is 5.92 Å². The van der Waals surface area contributed by atoms with Gasteiger partial charge in [0.2, 0.25) is 11.8 Å². The Morgan fingerprint density at radius 1 is 1.07 bits per heavy atom. The van der Waals surface area contributed by atoms with Crippen molar-refractivity contribution in [3.63, 3.8) is 0 Å². The molecule has 0 saturated carbocycles. The predicted molar refractivity (Wildman–Crippen MR) is 114 cm³/mol. The van der Waals surface area contributed by atoms with Gasteiger partial charge in [-0.1, -0.05) is 31.2 Å². The summed E-state index contributed by atoms with van der Waals surface area (Å²) < 4.78 is 0. The van der Waals surface area contributed by atoms with Gasteiger partial charge in [0.25, 0.3) is 0 Å². The van der Waals surface area contributed by atoms with E-state index >= 15 is 0 Å². The SMILES string of the molecule is CCN(CC)C(=O)CCCC(=O)NCc1ccccc1CN1CCC(C)CC1. The van der Waals surface area contributed by atoms with Crippen molar-refractivity contribution >= 4 is 11.8 Å². The van der Waals surface area contributed by atoms with Crippen molar-refractivity contribution in [2.24, 2.45) is 5.92 Å². The highest BCUT2D eigenvalue weighted by molar-refractivity contribution is 5.78. The maximum absolute atomic E-state index is 12.2. The monoisotopic (exact) mass is 387 g/mol. The van der Waals surface area contributed by atoms with Crippen LogP contribution in [-0.2, 0) is 22.7 Å². The summed E-state index contributed by atoms with van der Waals surface area (Å²) >= 11 is 0. The standard InChI is InChI=1S/C23H37N3O2/c1-4-26(5-2)23(28)12-8-11-22(27)24-17-20-9-6-7-10-21(20)18-25-15-13-19(3)14-16-25/h6-7,9-10,19H,4-5,8,11-18H2,1-3H3,(H,24,27). The van der Waals surface area contributed by atoms with Crippen molar-refractivity contribution in [1.29, 1.82) is 0 Å². The molecule has 1 fully saturated rings. The Kier molecular flexibility index (Phi) is 9.48. The Balaban J connectivity index is 1.76. The van der Waals surface area contributed by atoms with Crippen molar-refractivity contribution in [3.8, 4) is 0 Å². The molecule has 5 nitrogen and oxygen atoms in total. The number of rotatable bonds is 10. The van der Waals surface area contributed by atoms with Gasteiger partial charge < -0.3 is 10.2 Å². The van der Waals surface area contributed by atoms with Crippen molar-refractivity contribution in [2.45, 2.75) is 66.0 Å². The molecule has 0 aromatic heterocycles. The summed E-state index contributed by atoms with van der Waals surface area (Å²) in [6.07, 6.45) is 3.99. The first-order chi connectivity index (χ1) is 13.5. The van der Waals surface area contributed by atoms with Crippen LogP contribution in [-0.4, -0.2) is 47.8 Å². The van der Waals surface area contributed by atoms with Crippen molar-refractivity contribution in [1.82, 2.24) is 15.1 Å². The third-order valence-corrected chi connectivity index (χ3v) is 5.78. The number of likely N-dealkylation sites (tertiary alicyclic amines) is 1. The van der Waals surface area contributed by atoms with Gasteiger partial charge in [-0.2, -0.15) is 0 Å². The zero-order valence-corrected chi connectivity index (χ0v) is 17.9. The highest BCUT2D eigenvalue weighted by Gasteiger charge is 2.17. The van der Waals surface area contributed by atoms with E-state index in [1.807, 2.05) is 24.8 Å². The lowest BCUT2D eigenvalue weighted by molar-refractivity contribution is -0.131. The summed E-state index contributed by atoms with van der Waals surface area (Å²) in [4.78, 5) is 28.5. The van der Waals surface area contributed by atoms with E-state index in [0.717, 1.165) is 38.6 Å².